The lowest BCUT2D eigenvalue weighted by Crippen LogP contribution is -2.49. The summed E-state index contributed by atoms with van der Waals surface area (Å²) >= 11 is 0. The van der Waals surface area contributed by atoms with Crippen LogP contribution in [0.3, 0.4) is 0 Å². The van der Waals surface area contributed by atoms with E-state index in [-0.39, 0.29) is 5.60 Å². The molecule has 0 aromatic carbocycles. The van der Waals surface area contributed by atoms with Crippen LogP contribution in [0.15, 0.2) is 0 Å². The highest BCUT2D eigenvalue weighted by atomic mass is 16.5. The van der Waals surface area contributed by atoms with Crippen molar-refractivity contribution in [2.45, 2.75) is 63.5 Å². The molecule has 3 rings (SSSR count). The number of ether oxygens (including phenoxy) is 2. The molecule has 0 bridgehead atoms. The van der Waals surface area contributed by atoms with Crippen molar-refractivity contribution in [3.05, 3.63) is 0 Å². The fourth-order valence-electron chi connectivity index (χ4n) is 4.53. The molecule has 2 aliphatic heterocycles. The molecule has 2 heterocycles. The van der Waals surface area contributed by atoms with Gasteiger partial charge in [-0.1, -0.05) is 19.8 Å². The SMILES string of the molecule is CCNC(C1CCOC1)C1CCOC2(CCCC2)C1. The van der Waals surface area contributed by atoms with Crippen LogP contribution < -0.4 is 5.32 Å². The van der Waals surface area contributed by atoms with Crippen molar-refractivity contribution in [2.75, 3.05) is 26.4 Å². The van der Waals surface area contributed by atoms with Gasteiger partial charge in [0.05, 0.1) is 12.2 Å². The van der Waals surface area contributed by atoms with Crippen LogP contribution in [0.2, 0.25) is 0 Å². The van der Waals surface area contributed by atoms with Crippen LogP contribution in [0, 0.1) is 11.8 Å². The van der Waals surface area contributed by atoms with E-state index in [2.05, 4.69) is 12.2 Å². The molecule has 1 N–H and O–H groups in total. The van der Waals surface area contributed by atoms with Gasteiger partial charge in [-0.25, -0.2) is 0 Å². The minimum atomic E-state index is 0.246. The second-order valence-electron chi connectivity index (χ2n) is 6.70. The van der Waals surface area contributed by atoms with E-state index in [1.54, 1.807) is 0 Å². The fourth-order valence-corrected chi connectivity index (χ4v) is 4.53. The average Bonchev–Trinajstić information content (AvgIpc) is 3.08. The van der Waals surface area contributed by atoms with Gasteiger partial charge < -0.3 is 14.8 Å². The summed E-state index contributed by atoms with van der Waals surface area (Å²) in [6.45, 7) is 6.20. The lowest BCUT2D eigenvalue weighted by atomic mass is 9.76. The smallest absolute Gasteiger partial charge is 0.0685 e. The summed E-state index contributed by atoms with van der Waals surface area (Å²) in [4.78, 5) is 0. The third-order valence-corrected chi connectivity index (χ3v) is 5.47. The van der Waals surface area contributed by atoms with Gasteiger partial charge in [-0.05, 0) is 44.6 Å². The minimum Gasteiger partial charge on any atom is -0.381 e. The van der Waals surface area contributed by atoms with E-state index in [0.717, 1.165) is 38.2 Å². The number of hydrogen-bond donors (Lipinski definition) is 1. The first-order valence-corrected chi connectivity index (χ1v) is 8.28. The molecule has 3 heteroatoms. The Balaban J connectivity index is 1.66. The Bertz CT molecular complexity index is 282. The Kier molecular flexibility index (Phi) is 4.45. The van der Waals surface area contributed by atoms with Crippen LogP contribution in [-0.2, 0) is 9.47 Å². The van der Waals surface area contributed by atoms with Crippen LogP contribution in [0.1, 0.15) is 51.9 Å². The molecule has 0 radical (unpaired) electrons. The normalized spacial score (nSPS) is 35.8. The molecule has 3 fully saturated rings. The van der Waals surface area contributed by atoms with E-state index in [4.69, 9.17) is 9.47 Å². The van der Waals surface area contributed by atoms with E-state index < -0.39 is 0 Å². The van der Waals surface area contributed by atoms with Gasteiger partial charge in [-0.15, -0.1) is 0 Å². The Hall–Kier alpha value is -0.120. The summed E-state index contributed by atoms with van der Waals surface area (Å²) in [7, 11) is 0. The monoisotopic (exact) mass is 267 g/mol. The number of hydrogen-bond acceptors (Lipinski definition) is 3. The van der Waals surface area contributed by atoms with E-state index in [9.17, 15) is 0 Å². The molecular weight excluding hydrogens is 238 g/mol. The summed E-state index contributed by atoms with van der Waals surface area (Å²) in [5, 5.41) is 3.77. The molecule has 3 atom stereocenters. The molecule has 3 nitrogen and oxygen atoms in total. The Labute approximate surface area is 117 Å². The lowest BCUT2D eigenvalue weighted by molar-refractivity contribution is -0.101. The quantitative estimate of drug-likeness (QED) is 0.849. The third-order valence-electron chi connectivity index (χ3n) is 5.47. The molecule has 0 aromatic rings. The van der Waals surface area contributed by atoms with E-state index in [1.807, 2.05) is 0 Å². The standard InChI is InChI=1S/C16H29NO2/c1-2-17-15(14-5-9-18-12-14)13-6-10-19-16(11-13)7-3-4-8-16/h13-15,17H,2-12H2,1H3. The van der Waals surface area contributed by atoms with Gasteiger partial charge in [0.25, 0.3) is 0 Å². The van der Waals surface area contributed by atoms with Crippen LogP contribution >= 0.6 is 0 Å². The average molecular weight is 267 g/mol. The highest BCUT2D eigenvalue weighted by molar-refractivity contribution is 4.96. The van der Waals surface area contributed by atoms with Gasteiger partial charge in [0.1, 0.15) is 0 Å². The zero-order valence-electron chi connectivity index (χ0n) is 12.3. The lowest BCUT2D eigenvalue weighted by Gasteiger charge is -2.43. The van der Waals surface area contributed by atoms with E-state index >= 15 is 0 Å². The summed E-state index contributed by atoms with van der Waals surface area (Å²) in [6, 6.07) is 0.647. The second kappa shape index (κ2) is 6.11. The summed E-state index contributed by atoms with van der Waals surface area (Å²) in [6.07, 6.45) is 9.07. The number of nitrogens with one attached hydrogen (secondary N) is 1. The first-order valence-electron chi connectivity index (χ1n) is 8.28. The highest BCUT2D eigenvalue weighted by Crippen LogP contribution is 2.44. The van der Waals surface area contributed by atoms with Crippen LogP contribution in [-0.4, -0.2) is 38.0 Å². The molecule has 19 heavy (non-hydrogen) atoms. The van der Waals surface area contributed by atoms with Crippen molar-refractivity contribution in [1.82, 2.24) is 5.32 Å². The van der Waals surface area contributed by atoms with Crippen molar-refractivity contribution in [3.8, 4) is 0 Å². The molecular formula is C16H29NO2. The predicted octanol–water partition coefficient (Wildman–Crippen LogP) is 2.74. The molecule has 0 amide bonds. The van der Waals surface area contributed by atoms with Crippen LogP contribution in [0.4, 0.5) is 0 Å². The Morgan fingerprint density at radius 3 is 2.63 bits per heavy atom. The first kappa shape index (κ1) is 13.8. The van der Waals surface area contributed by atoms with Gasteiger partial charge in [-0.3, -0.25) is 0 Å². The zero-order valence-corrected chi connectivity index (χ0v) is 12.3. The molecule has 110 valence electrons. The van der Waals surface area contributed by atoms with Crippen LogP contribution in [0.5, 0.6) is 0 Å². The molecule has 2 saturated heterocycles. The summed E-state index contributed by atoms with van der Waals surface area (Å²) in [5.74, 6) is 1.51. The highest BCUT2D eigenvalue weighted by Gasteiger charge is 2.43. The summed E-state index contributed by atoms with van der Waals surface area (Å²) in [5.41, 5.74) is 0.246. The van der Waals surface area contributed by atoms with Gasteiger partial charge in [0.15, 0.2) is 0 Å². The Morgan fingerprint density at radius 2 is 1.95 bits per heavy atom. The van der Waals surface area contributed by atoms with E-state index in [1.165, 1.54) is 44.9 Å². The largest absolute Gasteiger partial charge is 0.381 e. The zero-order chi connectivity index (χ0) is 13.1. The maximum atomic E-state index is 6.19. The second-order valence-corrected chi connectivity index (χ2v) is 6.70. The molecule has 1 spiro atoms. The molecule has 1 saturated carbocycles. The van der Waals surface area contributed by atoms with Gasteiger partial charge in [0, 0.05) is 25.2 Å². The maximum absolute atomic E-state index is 6.19. The fraction of sp³-hybridized carbons (Fsp3) is 1.00. The molecule has 3 unspecified atom stereocenters. The number of rotatable bonds is 4. The summed E-state index contributed by atoms with van der Waals surface area (Å²) < 4.78 is 11.8. The topological polar surface area (TPSA) is 30.5 Å². The maximum Gasteiger partial charge on any atom is 0.0685 e. The van der Waals surface area contributed by atoms with Crippen LogP contribution in [0.25, 0.3) is 0 Å². The first-order chi connectivity index (χ1) is 9.33. The van der Waals surface area contributed by atoms with Crippen molar-refractivity contribution < 1.29 is 9.47 Å². The molecule has 3 aliphatic rings. The third kappa shape index (κ3) is 2.98. The minimum absolute atomic E-state index is 0.246. The van der Waals surface area contributed by atoms with Crippen molar-refractivity contribution in [1.29, 1.82) is 0 Å². The molecule has 0 aromatic heterocycles. The van der Waals surface area contributed by atoms with Gasteiger partial charge in [-0.2, -0.15) is 0 Å². The Morgan fingerprint density at radius 1 is 1.16 bits per heavy atom. The molecule has 1 aliphatic carbocycles. The van der Waals surface area contributed by atoms with Gasteiger partial charge >= 0.3 is 0 Å². The van der Waals surface area contributed by atoms with Crippen molar-refractivity contribution in [3.63, 3.8) is 0 Å². The predicted molar refractivity (Wildman–Crippen MR) is 76.3 cm³/mol. The van der Waals surface area contributed by atoms with E-state index in [0.29, 0.717) is 6.04 Å². The van der Waals surface area contributed by atoms with Gasteiger partial charge in [0.2, 0.25) is 0 Å². The van der Waals surface area contributed by atoms with Crippen molar-refractivity contribution in [2.24, 2.45) is 11.8 Å². The van der Waals surface area contributed by atoms with Crippen molar-refractivity contribution >= 4 is 0 Å².